The second-order valence-corrected chi connectivity index (χ2v) is 12.7. The van der Waals surface area contributed by atoms with Crippen molar-refractivity contribution < 1.29 is 17.6 Å². The van der Waals surface area contributed by atoms with Crippen molar-refractivity contribution in [2.75, 3.05) is 38.1 Å². The third-order valence-electron chi connectivity index (χ3n) is 7.95. The molecule has 0 atom stereocenters. The van der Waals surface area contributed by atoms with Crippen molar-refractivity contribution in [1.29, 1.82) is 5.26 Å². The maximum Gasteiger partial charge on any atom is 0.435 e. The van der Waals surface area contributed by atoms with Crippen LogP contribution in [-0.4, -0.2) is 68.9 Å². The lowest BCUT2D eigenvalue weighted by molar-refractivity contribution is -0.0580. The van der Waals surface area contributed by atoms with E-state index in [-0.39, 0.29) is 21.3 Å². The number of likely N-dealkylation sites (N-methyl/N-ethyl adjacent to an activating group) is 1. The number of aryl methyl sites for hydroxylation is 1. The molecule has 0 saturated carbocycles. The number of fused-ring (bicyclic) bond motifs is 1. The molecule has 1 aliphatic heterocycles. The van der Waals surface area contributed by atoms with Crippen molar-refractivity contribution in [2.24, 2.45) is 5.10 Å². The van der Waals surface area contributed by atoms with Crippen LogP contribution in [0, 0.1) is 17.1 Å². The Hall–Kier alpha value is -4.16. The molecule has 0 amide bonds. The highest BCUT2D eigenvalue weighted by Gasteiger charge is 2.39. The van der Waals surface area contributed by atoms with Gasteiger partial charge in [0.05, 0.1) is 5.69 Å². The minimum Gasteiger partial charge on any atom is -0.347 e. The highest BCUT2D eigenvalue weighted by Crippen LogP contribution is 2.35. The van der Waals surface area contributed by atoms with Gasteiger partial charge >= 0.3 is 6.18 Å². The first-order chi connectivity index (χ1) is 22.2. The van der Waals surface area contributed by atoms with E-state index in [0.29, 0.717) is 23.0 Å². The number of nitrogens with one attached hydrogen (secondary N) is 1. The Morgan fingerprint density at radius 1 is 1.00 bits per heavy atom. The molecule has 0 spiro atoms. The van der Waals surface area contributed by atoms with Crippen LogP contribution in [0.5, 0.6) is 0 Å². The molecule has 46 heavy (non-hydrogen) atoms. The molecule has 14 heteroatoms. The topological polar surface area (TPSA) is 85.4 Å². The summed E-state index contributed by atoms with van der Waals surface area (Å²) >= 11 is 2.34. The minimum absolute atomic E-state index is 0.00367. The fourth-order valence-corrected chi connectivity index (χ4v) is 7.05. The number of anilines is 1. The summed E-state index contributed by atoms with van der Waals surface area (Å²) in [4.78, 5) is 14.1. The Labute approximate surface area is 271 Å². The number of halogens is 4. The Morgan fingerprint density at radius 2 is 1.72 bits per heavy atom. The first kappa shape index (κ1) is 31.8. The van der Waals surface area contributed by atoms with E-state index in [1.165, 1.54) is 41.8 Å². The Balaban J connectivity index is 1.31. The molecule has 1 N–H and O–H groups in total. The highest BCUT2D eigenvalue weighted by molar-refractivity contribution is 7.16. The molecular weight excluding hydrogens is 637 g/mol. The van der Waals surface area contributed by atoms with Crippen molar-refractivity contribution in [2.45, 2.75) is 33.1 Å². The average molecular weight is 667 g/mol. The number of benzene rings is 2. The maximum atomic E-state index is 14.6. The molecule has 3 aromatic heterocycles. The fourth-order valence-electron chi connectivity index (χ4n) is 5.51. The second kappa shape index (κ2) is 13.3. The van der Waals surface area contributed by atoms with Gasteiger partial charge in [0.15, 0.2) is 5.71 Å². The average Bonchev–Trinajstić information content (AvgIpc) is 3.78. The van der Waals surface area contributed by atoms with Gasteiger partial charge in [-0.2, -0.15) is 23.5 Å². The molecule has 0 aliphatic carbocycles. The van der Waals surface area contributed by atoms with Gasteiger partial charge in [-0.1, -0.05) is 18.3 Å². The van der Waals surface area contributed by atoms with Crippen molar-refractivity contribution in [3.05, 3.63) is 76.0 Å². The zero-order chi connectivity index (χ0) is 32.4. The number of hydrogen-bond donors (Lipinski definition) is 1. The van der Waals surface area contributed by atoms with Crippen LogP contribution in [0.3, 0.4) is 0 Å². The third-order valence-corrected chi connectivity index (χ3v) is 9.76. The van der Waals surface area contributed by atoms with Gasteiger partial charge in [0, 0.05) is 78.4 Å². The summed E-state index contributed by atoms with van der Waals surface area (Å²) < 4.78 is 59.0. The van der Waals surface area contributed by atoms with E-state index >= 15 is 0 Å². The molecule has 1 aliphatic rings. The van der Waals surface area contributed by atoms with E-state index in [0.717, 1.165) is 66.9 Å². The molecule has 0 bridgehead atoms. The Bertz CT molecular complexity index is 1910. The van der Waals surface area contributed by atoms with E-state index in [4.69, 9.17) is 4.98 Å². The van der Waals surface area contributed by atoms with E-state index in [1.807, 2.05) is 30.5 Å². The number of alkyl halides is 3. The maximum absolute atomic E-state index is 14.6. The molecular formula is C32H30F4N8S2. The van der Waals surface area contributed by atoms with Crippen LogP contribution in [0.15, 0.2) is 59.1 Å². The molecule has 4 heterocycles. The van der Waals surface area contributed by atoms with Crippen LogP contribution in [0.2, 0.25) is 0 Å². The smallest absolute Gasteiger partial charge is 0.347 e. The van der Waals surface area contributed by atoms with Crippen molar-refractivity contribution in [3.8, 4) is 27.9 Å². The van der Waals surface area contributed by atoms with Gasteiger partial charge in [-0.25, -0.2) is 14.4 Å². The van der Waals surface area contributed by atoms with Crippen LogP contribution >= 0.6 is 22.7 Å². The standard InChI is InChI=1S/C32H30F4N8S2/c1-3-42-11-13-43(14-12-42)17-23-19-45-30(38-23)21-7-10-26-24(15-21)25(18-44(26)4-2)29(32(34,35)36)40-41-31-39-28(27(16-37)46-31)20-5-8-22(33)9-6-20/h5-10,15,18-19H,3-4,11-14,17H2,1-2H3,(H,39,41)/b40-29-. The summed E-state index contributed by atoms with van der Waals surface area (Å²) in [6.45, 7) is 10.3. The predicted molar refractivity (Wildman–Crippen MR) is 175 cm³/mol. The van der Waals surface area contributed by atoms with E-state index in [9.17, 15) is 22.8 Å². The van der Waals surface area contributed by atoms with Crippen LogP contribution in [-0.2, 0) is 13.1 Å². The summed E-state index contributed by atoms with van der Waals surface area (Å²) in [7, 11) is 0. The molecule has 238 valence electrons. The molecule has 8 nitrogen and oxygen atoms in total. The highest BCUT2D eigenvalue weighted by atomic mass is 32.1. The second-order valence-electron chi connectivity index (χ2n) is 10.8. The summed E-state index contributed by atoms with van der Waals surface area (Å²) in [5, 5.41) is 16.5. The van der Waals surface area contributed by atoms with E-state index < -0.39 is 17.7 Å². The summed E-state index contributed by atoms with van der Waals surface area (Å²) in [5.41, 5.74) is 4.24. The summed E-state index contributed by atoms with van der Waals surface area (Å²) in [6, 6.07) is 12.8. The number of nitriles is 1. The molecule has 0 unspecified atom stereocenters. The molecule has 0 radical (unpaired) electrons. The third kappa shape index (κ3) is 6.68. The normalized spacial score (nSPS) is 15.0. The van der Waals surface area contributed by atoms with Gasteiger partial charge in [0.1, 0.15) is 27.5 Å². The lowest BCUT2D eigenvalue weighted by Gasteiger charge is -2.33. The molecule has 1 fully saturated rings. The van der Waals surface area contributed by atoms with Crippen molar-refractivity contribution in [1.82, 2.24) is 24.3 Å². The van der Waals surface area contributed by atoms with Gasteiger partial charge in [-0.15, -0.1) is 11.3 Å². The van der Waals surface area contributed by atoms with Crippen LogP contribution in [0.1, 0.15) is 30.0 Å². The Kier molecular flexibility index (Phi) is 9.19. The SMILES string of the molecule is CCN1CCN(Cc2csc(-c3ccc4c(c3)c(/C(=N/Nc3nc(-c5ccc(F)cc5)c(C#N)s3)C(F)(F)F)cn4CC)n2)CC1. The molecule has 6 rings (SSSR count). The number of rotatable bonds is 9. The molecule has 2 aromatic carbocycles. The van der Waals surface area contributed by atoms with Gasteiger partial charge in [-0.3, -0.25) is 10.3 Å². The van der Waals surface area contributed by atoms with Gasteiger partial charge in [0.2, 0.25) is 5.13 Å². The van der Waals surface area contributed by atoms with Crippen LogP contribution in [0.25, 0.3) is 32.7 Å². The number of hydrazone groups is 1. The first-order valence-corrected chi connectivity index (χ1v) is 16.5. The molecule has 5 aromatic rings. The van der Waals surface area contributed by atoms with Crippen LogP contribution < -0.4 is 5.43 Å². The van der Waals surface area contributed by atoms with Gasteiger partial charge in [-0.05, 0) is 55.9 Å². The monoisotopic (exact) mass is 666 g/mol. The van der Waals surface area contributed by atoms with E-state index in [2.05, 4.69) is 32.2 Å². The van der Waals surface area contributed by atoms with Crippen molar-refractivity contribution >= 4 is 44.4 Å². The number of aromatic nitrogens is 3. The quantitative estimate of drug-likeness (QED) is 0.100. The number of thiazole rings is 2. The summed E-state index contributed by atoms with van der Waals surface area (Å²) in [5.74, 6) is -0.457. The number of nitrogens with zero attached hydrogens (tertiary/aromatic N) is 7. The minimum atomic E-state index is -4.80. The van der Waals surface area contributed by atoms with Gasteiger partial charge < -0.3 is 9.47 Å². The van der Waals surface area contributed by atoms with E-state index in [1.54, 1.807) is 10.6 Å². The Morgan fingerprint density at radius 3 is 2.39 bits per heavy atom. The number of hydrogen-bond acceptors (Lipinski definition) is 9. The van der Waals surface area contributed by atoms with Crippen LogP contribution in [0.4, 0.5) is 22.7 Å². The summed E-state index contributed by atoms with van der Waals surface area (Å²) in [6.07, 6.45) is -3.35. The number of piperazine rings is 1. The fraction of sp³-hybridized carbons (Fsp3) is 0.312. The first-order valence-electron chi connectivity index (χ1n) is 14.8. The largest absolute Gasteiger partial charge is 0.435 e. The zero-order valence-electron chi connectivity index (χ0n) is 25.1. The van der Waals surface area contributed by atoms with Gasteiger partial charge in [0.25, 0.3) is 0 Å². The molecule has 1 saturated heterocycles. The predicted octanol–water partition coefficient (Wildman–Crippen LogP) is 7.43. The zero-order valence-corrected chi connectivity index (χ0v) is 26.7. The van der Waals surface area contributed by atoms with Crippen molar-refractivity contribution in [3.63, 3.8) is 0 Å². The lowest BCUT2D eigenvalue weighted by atomic mass is 10.1. The lowest BCUT2D eigenvalue weighted by Crippen LogP contribution is -2.45.